The Bertz CT molecular complexity index is 84.9. The summed E-state index contributed by atoms with van der Waals surface area (Å²) in [7, 11) is 0. The van der Waals surface area contributed by atoms with Gasteiger partial charge in [-0.1, -0.05) is 34.1 Å². The fourth-order valence-corrected chi connectivity index (χ4v) is 2.12. The van der Waals surface area contributed by atoms with Gasteiger partial charge in [-0.2, -0.15) is 0 Å². The molecule has 0 saturated heterocycles. The lowest BCUT2D eigenvalue weighted by atomic mass is 9.86. The van der Waals surface area contributed by atoms with Gasteiger partial charge in [0.2, 0.25) is 0 Å². The minimum Gasteiger partial charge on any atom is -0.126 e. The standard InChI is InChI=1S/C10H21Cl/c1-5-10(7-11)9(4)6-8(2)3/h8-10H,5-7H2,1-4H3. The molecule has 0 spiro atoms. The van der Waals surface area contributed by atoms with E-state index in [1.807, 2.05) is 0 Å². The zero-order valence-corrected chi connectivity index (χ0v) is 8.99. The maximum absolute atomic E-state index is 5.85. The molecule has 0 radical (unpaired) electrons. The third kappa shape index (κ3) is 4.68. The molecule has 0 rings (SSSR count). The van der Waals surface area contributed by atoms with Crippen molar-refractivity contribution in [2.45, 2.75) is 40.5 Å². The molecular formula is C10H21Cl. The Labute approximate surface area is 76.3 Å². The van der Waals surface area contributed by atoms with Crippen molar-refractivity contribution in [1.82, 2.24) is 0 Å². The fourth-order valence-electron chi connectivity index (χ4n) is 1.60. The summed E-state index contributed by atoms with van der Waals surface area (Å²) >= 11 is 5.85. The molecule has 0 aliphatic heterocycles. The Balaban J connectivity index is 3.68. The van der Waals surface area contributed by atoms with Gasteiger partial charge < -0.3 is 0 Å². The third-order valence-corrected chi connectivity index (χ3v) is 2.77. The molecule has 0 heterocycles. The Morgan fingerprint density at radius 1 is 1.18 bits per heavy atom. The van der Waals surface area contributed by atoms with Gasteiger partial charge in [0, 0.05) is 5.88 Å². The second-order valence-corrected chi connectivity index (χ2v) is 4.24. The van der Waals surface area contributed by atoms with Crippen molar-refractivity contribution in [3.63, 3.8) is 0 Å². The number of rotatable bonds is 5. The Kier molecular flexibility index (Phi) is 6.03. The molecule has 0 aromatic rings. The van der Waals surface area contributed by atoms with E-state index in [9.17, 15) is 0 Å². The third-order valence-electron chi connectivity index (χ3n) is 2.37. The van der Waals surface area contributed by atoms with Gasteiger partial charge in [-0.05, 0) is 24.2 Å². The molecule has 0 nitrogen and oxygen atoms in total. The van der Waals surface area contributed by atoms with E-state index in [0.29, 0.717) is 0 Å². The molecule has 0 aliphatic rings. The summed E-state index contributed by atoms with van der Waals surface area (Å²) in [6.45, 7) is 9.09. The van der Waals surface area contributed by atoms with Crippen LogP contribution in [0.5, 0.6) is 0 Å². The van der Waals surface area contributed by atoms with E-state index in [1.54, 1.807) is 0 Å². The molecule has 1 heteroatoms. The summed E-state index contributed by atoms with van der Waals surface area (Å²) in [6.07, 6.45) is 2.53. The molecule has 68 valence electrons. The van der Waals surface area contributed by atoms with Gasteiger partial charge in [0.05, 0.1) is 0 Å². The molecule has 0 saturated carbocycles. The van der Waals surface area contributed by atoms with Crippen LogP contribution in [0.1, 0.15) is 40.5 Å². The molecule has 0 aliphatic carbocycles. The highest BCUT2D eigenvalue weighted by molar-refractivity contribution is 6.18. The van der Waals surface area contributed by atoms with Crippen LogP contribution in [0.2, 0.25) is 0 Å². The summed E-state index contributed by atoms with van der Waals surface area (Å²) in [5, 5.41) is 0. The molecular weight excluding hydrogens is 156 g/mol. The van der Waals surface area contributed by atoms with Crippen LogP contribution in [0, 0.1) is 17.8 Å². The van der Waals surface area contributed by atoms with E-state index in [4.69, 9.17) is 11.6 Å². The second kappa shape index (κ2) is 5.88. The van der Waals surface area contributed by atoms with Crippen molar-refractivity contribution < 1.29 is 0 Å². The van der Waals surface area contributed by atoms with E-state index in [-0.39, 0.29) is 0 Å². The van der Waals surface area contributed by atoms with Crippen LogP contribution in [-0.4, -0.2) is 5.88 Å². The van der Waals surface area contributed by atoms with Crippen molar-refractivity contribution >= 4 is 11.6 Å². The first-order valence-corrected chi connectivity index (χ1v) is 5.21. The summed E-state index contributed by atoms with van der Waals surface area (Å²) in [5.74, 6) is 3.14. The monoisotopic (exact) mass is 176 g/mol. The zero-order chi connectivity index (χ0) is 8.85. The fraction of sp³-hybridized carbons (Fsp3) is 1.00. The quantitative estimate of drug-likeness (QED) is 0.557. The van der Waals surface area contributed by atoms with Crippen LogP contribution in [0.25, 0.3) is 0 Å². The number of alkyl halides is 1. The molecule has 0 amide bonds. The van der Waals surface area contributed by atoms with Crippen molar-refractivity contribution in [3.05, 3.63) is 0 Å². The minimum absolute atomic E-state index is 0.721. The van der Waals surface area contributed by atoms with Crippen LogP contribution in [-0.2, 0) is 0 Å². The molecule has 11 heavy (non-hydrogen) atoms. The Hall–Kier alpha value is 0.290. The molecule has 0 bridgehead atoms. The van der Waals surface area contributed by atoms with E-state index < -0.39 is 0 Å². The van der Waals surface area contributed by atoms with E-state index >= 15 is 0 Å². The summed E-state index contributed by atoms with van der Waals surface area (Å²) in [6, 6.07) is 0. The van der Waals surface area contributed by atoms with Gasteiger partial charge in [-0.25, -0.2) is 0 Å². The SMILES string of the molecule is CCC(CCl)C(C)CC(C)C. The predicted octanol–water partition coefficient (Wildman–Crippen LogP) is 3.93. The van der Waals surface area contributed by atoms with Crippen molar-refractivity contribution in [2.75, 3.05) is 5.88 Å². The predicted molar refractivity (Wildman–Crippen MR) is 53.1 cm³/mol. The lowest BCUT2D eigenvalue weighted by Crippen LogP contribution is -2.14. The van der Waals surface area contributed by atoms with Crippen LogP contribution in [0.15, 0.2) is 0 Å². The van der Waals surface area contributed by atoms with Gasteiger partial charge in [0.25, 0.3) is 0 Å². The van der Waals surface area contributed by atoms with Gasteiger partial charge >= 0.3 is 0 Å². The van der Waals surface area contributed by atoms with E-state index in [1.165, 1.54) is 12.8 Å². The van der Waals surface area contributed by atoms with Crippen molar-refractivity contribution in [2.24, 2.45) is 17.8 Å². The summed E-state index contributed by atoms with van der Waals surface area (Å²) in [4.78, 5) is 0. The largest absolute Gasteiger partial charge is 0.126 e. The van der Waals surface area contributed by atoms with Gasteiger partial charge in [-0.15, -0.1) is 11.6 Å². The highest BCUT2D eigenvalue weighted by Gasteiger charge is 2.14. The van der Waals surface area contributed by atoms with Crippen LogP contribution >= 0.6 is 11.6 Å². The average molecular weight is 177 g/mol. The van der Waals surface area contributed by atoms with Crippen molar-refractivity contribution in [1.29, 1.82) is 0 Å². The minimum atomic E-state index is 0.721. The van der Waals surface area contributed by atoms with Crippen molar-refractivity contribution in [3.8, 4) is 0 Å². The summed E-state index contributed by atoms with van der Waals surface area (Å²) in [5.41, 5.74) is 0. The maximum atomic E-state index is 5.85. The first-order chi connectivity index (χ1) is 5.11. The topological polar surface area (TPSA) is 0 Å². The highest BCUT2D eigenvalue weighted by atomic mass is 35.5. The van der Waals surface area contributed by atoms with Crippen LogP contribution in [0.4, 0.5) is 0 Å². The smallest absolute Gasteiger partial charge is 0.0254 e. The van der Waals surface area contributed by atoms with Gasteiger partial charge in [0.1, 0.15) is 0 Å². The number of hydrogen-bond donors (Lipinski definition) is 0. The lowest BCUT2D eigenvalue weighted by Gasteiger charge is -2.21. The zero-order valence-electron chi connectivity index (χ0n) is 8.23. The molecule has 0 N–H and O–H groups in total. The molecule has 0 fully saturated rings. The Morgan fingerprint density at radius 2 is 1.73 bits per heavy atom. The van der Waals surface area contributed by atoms with Gasteiger partial charge in [0.15, 0.2) is 0 Å². The Morgan fingerprint density at radius 3 is 2.00 bits per heavy atom. The van der Waals surface area contributed by atoms with E-state index in [0.717, 1.165) is 23.6 Å². The normalized spacial score (nSPS) is 16.9. The maximum Gasteiger partial charge on any atom is 0.0254 e. The molecule has 0 aromatic heterocycles. The van der Waals surface area contributed by atoms with Crippen LogP contribution in [0.3, 0.4) is 0 Å². The molecule has 0 aromatic carbocycles. The average Bonchev–Trinajstić information content (AvgIpc) is 1.88. The number of halogens is 1. The van der Waals surface area contributed by atoms with E-state index in [2.05, 4.69) is 27.7 Å². The first-order valence-electron chi connectivity index (χ1n) is 4.67. The lowest BCUT2D eigenvalue weighted by molar-refractivity contribution is 0.320. The number of hydrogen-bond acceptors (Lipinski definition) is 0. The summed E-state index contributed by atoms with van der Waals surface area (Å²) < 4.78 is 0. The highest BCUT2D eigenvalue weighted by Crippen LogP contribution is 2.23. The second-order valence-electron chi connectivity index (χ2n) is 3.93. The first kappa shape index (κ1) is 11.3. The molecule has 2 atom stereocenters. The van der Waals surface area contributed by atoms with Gasteiger partial charge in [-0.3, -0.25) is 0 Å². The molecule has 2 unspecified atom stereocenters. The van der Waals surface area contributed by atoms with Crippen LogP contribution < -0.4 is 0 Å².